The minimum Gasteiger partial charge on any atom is -0.490 e. The molecule has 0 aliphatic rings. The molecule has 1 aromatic carbocycles. The molecule has 0 radical (unpaired) electrons. The van der Waals surface area contributed by atoms with Crippen LogP contribution in [-0.4, -0.2) is 44.1 Å². The van der Waals surface area contributed by atoms with Crippen molar-refractivity contribution in [2.24, 2.45) is 0 Å². The Morgan fingerprint density at radius 3 is 2.65 bits per heavy atom. The van der Waals surface area contributed by atoms with Gasteiger partial charge in [-0.1, -0.05) is 0 Å². The van der Waals surface area contributed by atoms with Crippen LogP contribution < -0.4 is 10.1 Å². The molecule has 112 valence electrons. The third-order valence-electron chi connectivity index (χ3n) is 2.81. The van der Waals surface area contributed by atoms with Crippen LogP contribution in [0.3, 0.4) is 0 Å². The lowest BCUT2D eigenvalue weighted by Gasteiger charge is -2.11. The number of unbranched alkanes of at least 4 members (excludes halogenated alkanes) is 1. The molecule has 0 saturated heterocycles. The summed E-state index contributed by atoms with van der Waals surface area (Å²) in [6.07, 6.45) is 1.88. The molecule has 1 rings (SSSR count). The zero-order valence-corrected chi connectivity index (χ0v) is 12.0. The van der Waals surface area contributed by atoms with Gasteiger partial charge in [0.05, 0.1) is 23.8 Å². The topological polar surface area (TPSA) is 67.6 Å². The van der Waals surface area contributed by atoms with Crippen molar-refractivity contribution < 1.29 is 14.1 Å². The summed E-state index contributed by atoms with van der Waals surface area (Å²) in [4.78, 5) is 12.2. The lowest BCUT2D eigenvalue weighted by molar-refractivity contribution is -0.385. The first-order chi connectivity index (χ1) is 9.45. The standard InChI is InChI=1S/C13H20FN3O3/c1-16(2)7-5-4-6-15-11-9-13(20-3)12(17(18)19)8-10(11)14/h8-9,15H,4-7H2,1-3H3. The van der Waals surface area contributed by atoms with Crippen LogP contribution in [0.4, 0.5) is 15.8 Å². The van der Waals surface area contributed by atoms with Crippen LogP contribution in [0.15, 0.2) is 12.1 Å². The van der Waals surface area contributed by atoms with Crippen LogP contribution in [0.2, 0.25) is 0 Å². The molecule has 0 heterocycles. The number of methoxy groups -OCH3 is 1. The van der Waals surface area contributed by atoms with Crippen molar-refractivity contribution in [3.05, 3.63) is 28.1 Å². The smallest absolute Gasteiger partial charge is 0.313 e. The zero-order chi connectivity index (χ0) is 15.1. The predicted octanol–water partition coefficient (Wildman–Crippen LogP) is 2.50. The molecule has 20 heavy (non-hydrogen) atoms. The van der Waals surface area contributed by atoms with Crippen molar-refractivity contribution in [2.75, 3.05) is 39.6 Å². The highest BCUT2D eigenvalue weighted by Gasteiger charge is 2.18. The van der Waals surface area contributed by atoms with Gasteiger partial charge >= 0.3 is 5.69 Å². The van der Waals surface area contributed by atoms with Crippen molar-refractivity contribution in [3.63, 3.8) is 0 Å². The van der Waals surface area contributed by atoms with Crippen molar-refractivity contribution in [3.8, 4) is 5.75 Å². The van der Waals surface area contributed by atoms with Crippen LogP contribution in [0.5, 0.6) is 5.75 Å². The summed E-state index contributed by atoms with van der Waals surface area (Å²) in [5.74, 6) is -0.600. The third kappa shape index (κ3) is 4.65. The Kier molecular flexibility index (Phi) is 6.17. The maximum Gasteiger partial charge on any atom is 0.313 e. The second-order valence-electron chi connectivity index (χ2n) is 4.70. The molecule has 0 saturated carbocycles. The highest BCUT2D eigenvalue weighted by atomic mass is 19.1. The molecule has 0 bridgehead atoms. The Hall–Kier alpha value is -1.89. The van der Waals surface area contributed by atoms with E-state index in [9.17, 15) is 14.5 Å². The van der Waals surface area contributed by atoms with Crippen molar-refractivity contribution >= 4 is 11.4 Å². The van der Waals surface area contributed by atoms with Gasteiger partial charge in [0, 0.05) is 12.6 Å². The highest BCUT2D eigenvalue weighted by molar-refractivity contribution is 5.59. The Balaban J connectivity index is 2.64. The molecule has 0 aliphatic carbocycles. The Labute approximate surface area is 117 Å². The van der Waals surface area contributed by atoms with E-state index in [-0.39, 0.29) is 17.1 Å². The second kappa shape index (κ2) is 7.64. The van der Waals surface area contributed by atoms with E-state index in [1.807, 2.05) is 14.1 Å². The average molecular weight is 285 g/mol. The SMILES string of the molecule is COc1cc(NCCCCN(C)C)c(F)cc1[N+](=O)[O-]. The van der Waals surface area contributed by atoms with E-state index >= 15 is 0 Å². The Bertz CT molecular complexity index is 466. The monoisotopic (exact) mass is 285 g/mol. The molecular formula is C13H20FN3O3. The lowest BCUT2D eigenvalue weighted by Crippen LogP contribution is -2.14. The van der Waals surface area contributed by atoms with Crippen LogP contribution in [0.25, 0.3) is 0 Å². The number of hydrogen-bond acceptors (Lipinski definition) is 5. The van der Waals surface area contributed by atoms with Gasteiger partial charge in [-0.25, -0.2) is 4.39 Å². The number of nitro groups is 1. The summed E-state index contributed by atoms with van der Waals surface area (Å²) >= 11 is 0. The molecule has 0 unspecified atom stereocenters. The highest BCUT2D eigenvalue weighted by Crippen LogP contribution is 2.32. The van der Waals surface area contributed by atoms with Gasteiger partial charge in [-0.3, -0.25) is 10.1 Å². The van der Waals surface area contributed by atoms with Crippen LogP contribution in [-0.2, 0) is 0 Å². The number of hydrogen-bond donors (Lipinski definition) is 1. The van der Waals surface area contributed by atoms with Crippen LogP contribution in [0, 0.1) is 15.9 Å². The largest absolute Gasteiger partial charge is 0.490 e. The molecule has 7 heteroatoms. The second-order valence-corrected chi connectivity index (χ2v) is 4.70. The summed E-state index contributed by atoms with van der Waals surface area (Å²) < 4.78 is 18.6. The molecule has 6 nitrogen and oxygen atoms in total. The minimum atomic E-state index is -0.664. The fourth-order valence-corrected chi connectivity index (χ4v) is 1.76. The maximum atomic E-state index is 13.7. The normalized spacial score (nSPS) is 10.7. The number of nitrogens with zero attached hydrogens (tertiary/aromatic N) is 2. The van der Waals surface area contributed by atoms with E-state index in [1.54, 1.807) is 0 Å². The van der Waals surface area contributed by atoms with Gasteiger partial charge in [-0.2, -0.15) is 0 Å². The number of nitrogens with one attached hydrogen (secondary N) is 1. The van der Waals surface area contributed by atoms with Crippen molar-refractivity contribution in [1.29, 1.82) is 0 Å². The van der Waals surface area contributed by atoms with E-state index in [0.29, 0.717) is 6.54 Å². The first-order valence-corrected chi connectivity index (χ1v) is 6.36. The van der Waals surface area contributed by atoms with Crippen LogP contribution in [0.1, 0.15) is 12.8 Å². The molecule has 1 N–H and O–H groups in total. The molecule has 0 spiro atoms. The maximum absolute atomic E-state index is 13.7. The number of rotatable bonds is 8. The molecule has 0 aromatic heterocycles. The lowest BCUT2D eigenvalue weighted by atomic mass is 10.2. The summed E-state index contributed by atoms with van der Waals surface area (Å²) in [6.45, 7) is 1.57. The quantitative estimate of drug-likeness (QED) is 0.451. The molecule has 0 fully saturated rings. The summed E-state index contributed by atoms with van der Waals surface area (Å²) in [5, 5.41) is 13.7. The van der Waals surface area contributed by atoms with E-state index in [2.05, 4.69) is 10.2 Å². The van der Waals surface area contributed by atoms with E-state index < -0.39 is 10.7 Å². The van der Waals surface area contributed by atoms with E-state index in [1.165, 1.54) is 13.2 Å². The Morgan fingerprint density at radius 2 is 2.10 bits per heavy atom. The van der Waals surface area contributed by atoms with E-state index in [0.717, 1.165) is 25.5 Å². The number of benzene rings is 1. The van der Waals surface area contributed by atoms with Gasteiger partial charge in [0.2, 0.25) is 0 Å². The molecular weight excluding hydrogens is 265 g/mol. The summed E-state index contributed by atoms with van der Waals surface area (Å²) in [6, 6.07) is 2.19. The fourth-order valence-electron chi connectivity index (χ4n) is 1.76. The molecule has 0 atom stereocenters. The van der Waals surface area contributed by atoms with Gasteiger partial charge in [0.1, 0.15) is 0 Å². The van der Waals surface area contributed by atoms with Gasteiger partial charge in [0.15, 0.2) is 11.6 Å². The number of anilines is 1. The van der Waals surface area contributed by atoms with Gasteiger partial charge in [0.25, 0.3) is 0 Å². The number of nitro benzene ring substituents is 1. The summed E-state index contributed by atoms with van der Waals surface area (Å²) in [7, 11) is 5.31. The molecule has 1 aromatic rings. The Morgan fingerprint density at radius 1 is 1.40 bits per heavy atom. The number of halogens is 1. The van der Waals surface area contributed by atoms with Gasteiger partial charge in [-0.15, -0.1) is 0 Å². The minimum absolute atomic E-state index is 0.0483. The van der Waals surface area contributed by atoms with Crippen LogP contribution >= 0.6 is 0 Å². The van der Waals surface area contributed by atoms with Gasteiger partial charge < -0.3 is 15.0 Å². The number of ether oxygens (including phenoxy) is 1. The van der Waals surface area contributed by atoms with Crippen molar-refractivity contribution in [1.82, 2.24) is 4.90 Å². The first-order valence-electron chi connectivity index (χ1n) is 6.36. The van der Waals surface area contributed by atoms with E-state index in [4.69, 9.17) is 4.74 Å². The average Bonchev–Trinajstić information content (AvgIpc) is 2.39. The van der Waals surface area contributed by atoms with Gasteiger partial charge in [-0.05, 0) is 33.5 Å². The molecule has 0 aliphatic heterocycles. The first kappa shape index (κ1) is 16.2. The fraction of sp³-hybridized carbons (Fsp3) is 0.538. The zero-order valence-electron chi connectivity index (χ0n) is 12.0. The molecule has 0 amide bonds. The van der Waals surface area contributed by atoms with Crippen molar-refractivity contribution in [2.45, 2.75) is 12.8 Å². The predicted molar refractivity (Wildman–Crippen MR) is 75.9 cm³/mol. The third-order valence-corrected chi connectivity index (χ3v) is 2.81. The summed E-state index contributed by atoms with van der Waals surface area (Å²) in [5.41, 5.74) is -0.152.